The fourth-order valence-electron chi connectivity index (χ4n) is 6.00. The number of rotatable bonds is 15. The van der Waals surface area contributed by atoms with Crippen LogP contribution >= 0.6 is 46.2 Å². The lowest BCUT2D eigenvalue weighted by Crippen LogP contribution is -2.74. The van der Waals surface area contributed by atoms with Crippen molar-refractivity contribution >= 4 is 103 Å². The monoisotopic (exact) mass is 836 g/mol. The minimum atomic E-state index is -1.29. The van der Waals surface area contributed by atoms with Crippen LogP contribution in [0.2, 0.25) is 0 Å². The van der Waals surface area contributed by atoms with Crippen LogP contribution in [-0.4, -0.2) is 148 Å². The minimum absolute atomic E-state index is 0.00369. The molecule has 4 aliphatic rings. The lowest BCUT2D eigenvalue weighted by molar-refractivity contribution is -0.153. The average Bonchev–Trinajstić information content (AvgIpc) is 3.81. The number of thioether (sulfide) groups is 2. The summed E-state index contributed by atoms with van der Waals surface area (Å²) in [5.74, 6) is -4.40. The normalized spacial score (nSPS) is 23.5. The lowest BCUT2D eigenvalue weighted by Gasteiger charge is -2.51. The van der Waals surface area contributed by atoms with Crippen LogP contribution in [0.3, 0.4) is 0 Å². The molecule has 292 valence electrons. The number of carbonyl (C=O) groups is 6. The van der Waals surface area contributed by atoms with Crippen LogP contribution in [-0.2, 0) is 47.9 Å². The van der Waals surface area contributed by atoms with Crippen molar-refractivity contribution in [2.24, 2.45) is 10.3 Å². The third-order valence-corrected chi connectivity index (χ3v) is 12.3. The first kappa shape index (κ1) is 39.6. The molecule has 2 saturated heterocycles. The quantitative estimate of drug-likeness (QED) is 0.0835. The van der Waals surface area contributed by atoms with Gasteiger partial charge in [0, 0.05) is 30.7 Å². The maximum atomic E-state index is 13.8. The van der Waals surface area contributed by atoms with Crippen LogP contribution < -0.4 is 21.7 Å². The van der Waals surface area contributed by atoms with Crippen molar-refractivity contribution < 1.29 is 53.0 Å². The van der Waals surface area contributed by atoms with Gasteiger partial charge in [0.1, 0.15) is 60.2 Å². The fourth-order valence-corrected chi connectivity index (χ4v) is 9.78. The number of nitrogens with two attached hydrogens (primary N) is 1. The van der Waals surface area contributed by atoms with E-state index in [4.69, 9.17) is 24.9 Å². The number of hydrogen-bond donors (Lipinski definition) is 5. The van der Waals surface area contributed by atoms with E-state index in [1.165, 1.54) is 67.6 Å². The number of nitrogens with one attached hydrogen (secondary N) is 3. The van der Waals surface area contributed by atoms with Crippen LogP contribution in [0, 0.1) is 0 Å². The highest BCUT2D eigenvalue weighted by atomic mass is 32.2. The molecule has 0 spiro atoms. The topological polar surface area (TPSA) is 279 Å². The van der Waals surface area contributed by atoms with Gasteiger partial charge in [-0.1, -0.05) is 10.3 Å². The fraction of sp³-hybridized carbons (Fsp3) is 0.400. The van der Waals surface area contributed by atoms with Gasteiger partial charge in [-0.25, -0.2) is 14.8 Å². The Morgan fingerprint density at radius 1 is 0.909 bits per heavy atom. The molecular formula is C30H32N10O11S4. The summed E-state index contributed by atoms with van der Waals surface area (Å²) in [7, 11) is 5.31. The van der Waals surface area contributed by atoms with E-state index in [2.05, 4.69) is 36.2 Å². The van der Waals surface area contributed by atoms with Crippen LogP contribution in [0.4, 0.5) is 10.3 Å². The first-order chi connectivity index (χ1) is 26.4. The molecule has 0 saturated carbocycles. The summed E-state index contributed by atoms with van der Waals surface area (Å²) in [5.41, 5.74) is 6.08. The molecule has 55 heavy (non-hydrogen) atoms. The van der Waals surface area contributed by atoms with E-state index < -0.39 is 64.4 Å². The van der Waals surface area contributed by atoms with E-state index in [1.807, 2.05) is 0 Å². The number of oxime groups is 2. The summed E-state index contributed by atoms with van der Waals surface area (Å²) in [6.45, 7) is 0.0417. The highest BCUT2D eigenvalue weighted by molar-refractivity contribution is 8.03. The molecule has 6 N–H and O–H groups in total. The van der Waals surface area contributed by atoms with Gasteiger partial charge in [0.2, 0.25) is 5.91 Å². The Morgan fingerprint density at radius 2 is 1.53 bits per heavy atom. The molecule has 0 radical (unpaired) electrons. The molecule has 4 aliphatic heterocycles. The van der Waals surface area contributed by atoms with Gasteiger partial charge in [-0.2, -0.15) is 0 Å². The van der Waals surface area contributed by atoms with Crippen LogP contribution in [0.15, 0.2) is 43.3 Å². The van der Waals surface area contributed by atoms with E-state index in [-0.39, 0.29) is 57.7 Å². The summed E-state index contributed by atoms with van der Waals surface area (Å²) in [6.07, 6.45) is 0. The molecule has 21 nitrogen and oxygen atoms in total. The van der Waals surface area contributed by atoms with Crippen molar-refractivity contribution in [3.8, 4) is 0 Å². The Balaban J connectivity index is 1.13. The lowest BCUT2D eigenvalue weighted by atomic mass is 9.97. The van der Waals surface area contributed by atoms with Crippen LogP contribution in [0.1, 0.15) is 11.4 Å². The van der Waals surface area contributed by atoms with Crippen molar-refractivity contribution in [3.05, 3.63) is 44.4 Å². The highest BCUT2D eigenvalue weighted by Crippen LogP contribution is 2.42. The van der Waals surface area contributed by atoms with E-state index in [0.29, 0.717) is 11.1 Å². The maximum Gasteiger partial charge on any atom is 0.352 e. The van der Waals surface area contributed by atoms with Crippen molar-refractivity contribution in [2.45, 2.75) is 28.9 Å². The van der Waals surface area contributed by atoms with Crippen molar-refractivity contribution in [1.82, 2.24) is 30.4 Å². The molecule has 5 atom stereocenters. The highest BCUT2D eigenvalue weighted by Gasteiger charge is 2.57. The van der Waals surface area contributed by atoms with Gasteiger partial charge < -0.3 is 45.5 Å². The van der Waals surface area contributed by atoms with Gasteiger partial charge in [0.25, 0.3) is 23.6 Å². The van der Waals surface area contributed by atoms with Gasteiger partial charge >= 0.3 is 5.97 Å². The number of nitrogens with zero attached hydrogens (tertiary/aromatic N) is 6. The Bertz CT molecular complexity index is 2050. The summed E-state index contributed by atoms with van der Waals surface area (Å²) < 4.78 is 10.4. The number of fused-ring (bicyclic) bond motifs is 2. The number of nitrogen functional groups attached to an aromatic ring is 1. The Morgan fingerprint density at radius 3 is 2.11 bits per heavy atom. The first-order valence-electron chi connectivity index (χ1n) is 15.8. The van der Waals surface area contributed by atoms with Crippen LogP contribution in [0.5, 0.6) is 0 Å². The number of methoxy groups -OCH3 is 2. The first-order valence-corrected chi connectivity index (χ1v) is 19.6. The second-order valence-electron chi connectivity index (χ2n) is 11.6. The number of β-lactam (4-membered cyclic amide) rings is 2. The second-order valence-corrected chi connectivity index (χ2v) is 15.5. The number of carboxylic acid groups (broad SMARTS) is 1. The molecule has 2 fully saturated rings. The Hall–Kier alpha value is -5.08. The molecule has 2 aromatic rings. The molecule has 1 unspecified atom stereocenters. The zero-order valence-electron chi connectivity index (χ0n) is 29.2. The summed E-state index contributed by atoms with van der Waals surface area (Å²) in [5, 5.41) is 28.7. The number of aromatic nitrogens is 2. The molecule has 5 amide bonds. The number of anilines is 2. The number of carboxylic acids is 1. The van der Waals surface area contributed by atoms with E-state index in [1.54, 1.807) is 5.41 Å². The Kier molecular flexibility index (Phi) is 12.1. The molecule has 0 aromatic carbocycles. The summed E-state index contributed by atoms with van der Waals surface area (Å²) >= 11 is 4.54. The standard InChI is InChI=1S/C30H32N10O11S4/c1-48-5-11-7-52-26-17(34-21(41)15(37-50-3)13-9-54-29(31)32-13)24(44)39(26)19(11)23(43)36-30-33-14(10-55-30)16(38-51-4)22(42)35-18-25(45)40-20(28(46)47)12(6-49-2)8-53-27(18)40/h7,9-10,17-19,26-27H,5-6,8H2,1-4H3,(H2,31,32)(H,34,41)(H,35,42)(H,46,47)(H,33,36,43)/b37-15-,38-16-/t17-,18-,19?,26-,27-/m1/s1. The number of aliphatic carboxylic acids is 1. The van der Waals surface area contributed by atoms with Gasteiger partial charge in [-0.3, -0.25) is 34.2 Å². The minimum Gasteiger partial charge on any atom is -0.477 e. The van der Waals surface area contributed by atoms with E-state index in [9.17, 15) is 33.9 Å². The zero-order valence-corrected chi connectivity index (χ0v) is 32.4. The van der Waals surface area contributed by atoms with E-state index in [0.717, 1.165) is 27.6 Å². The average molecular weight is 837 g/mol. The largest absolute Gasteiger partial charge is 0.477 e. The SMILES string of the molecule is COCC1=CS[C@@H]2[C@H](NC(=O)/C(=N\OC)c3csc(N)n3)C(=O)N2C1C(=O)Nc1nc(/C(=N/OC)C(=O)N[C@@H]2C(=O)N3C(C(=O)O)=C(COC)CS[C@H]23)cs1. The molecule has 6 heterocycles. The summed E-state index contributed by atoms with van der Waals surface area (Å²) in [4.78, 5) is 99.5. The van der Waals surface area contributed by atoms with Gasteiger partial charge in [-0.15, -0.1) is 46.2 Å². The van der Waals surface area contributed by atoms with Crippen molar-refractivity contribution in [3.63, 3.8) is 0 Å². The van der Waals surface area contributed by atoms with Gasteiger partial charge in [0.15, 0.2) is 21.7 Å². The zero-order chi connectivity index (χ0) is 39.6. The maximum absolute atomic E-state index is 13.8. The number of hydrogen-bond acceptors (Lipinski definition) is 19. The molecule has 2 aromatic heterocycles. The predicted molar refractivity (Wildman–Crippen MR) is 200 cm³/mol. The molecule has 0 aliphatic carbocycles. The molecule has 0 bridgehead atoms. The number of amides is 5. The molecular weight excluding hydrogens is 805 g/mol. The number of thiazole rings is 2. The smallest absolute Gasteiger partial charge is 0.352 e. The third-order valence-electron chi connectivity index (χ3n) is 8.31. The number of carbonyl (C=O) groups excluding carboxylic acids is 5. The van der Waals surface area contributed by atoms with Gasteiger partial charge in [0.05, 0.1) is 13.2 Å². The van der Waals surface area contributed by atoms with Crippen LogP contribution in [0.25, 0.3) is 0 Å². The Labute approximate surface area is 327 Å². The predicted octanol–water partition coefficient (Wildman–Crippen LogP) is -0.795. The number of ether oxygens (including phenoxy) is 2. The molecule has 25 heteroatoms. The second kappa shape index (κ2) is 16.7. The summed E-state index contributed by atoms with van der Waals surface area (Å²) in [6, 6.07) is -3.23. The third kappa shape index (κ3) is 7.62. The molecule has 6 rings (SSSR count). The van der Waals surface area contributed by atoms with E-state index >= 15 is 0 Å². The van der Waals surface area contributed by atoms with Gasteiger partial charge in [-0.05, 0) is 16.6 Å². The van der Waals surface area contributed by atoms with Crippen molar-refractivity contribution in [1.29, 1.82) is 0 Å². The van der Waals surface area contributed by atoms with Crippen molar-refractivity contribution in [2.75, 3.05) is 58.5 Å².